The second kappa shape index (κ2) is 8.41. The number of rotatable bonds is 4. The van der Waals surface area contributed by atoms with Crippen LogP contribution in [0.3, 0.4) is 0 Å². The van der Waals surface area contributed by atoms with Crippen LogP contribution >= 0.6 is 15.9 Å². The molecule has 37 heavy (non-hydrogen) atoms. The van der Waals surface area contributed by atoms with Crippen LogP contribution in [-0.4, -0.2) is 49.5 Å². The zero-order valence-electron chi connectivity index (χ0n) is 19.7. The molecule has 0 saturated carbocycles. The summed E-state index contributed by atoms with van der Waals surface area (Å²) in [6.45, 7) is -0.202. The monoisotopic (exact) mass is 560 g/mol. The maximum atomic E-state index is 13.4. The number of likely N-dealkylation sites (N-methyl/N-ethyl adjacent to an activating group) is 1. The molecular formula is C26H21BrN6O4. The average Bonchev–Trinajstić information content (AvgIpc) is 3.46. The maximum Gasteiger partial charge on any atom is 0.335 e. The Hall–Kier alpha value is -4.25. The van der Waals surface area contributed by atoms with Crippen LogP contribution < -0.4 is 16.3 Å². The first-order valence-corrected chi connectivity index (χ1v) is 12.4. The van der Waals surface area contributed by atoms with Crippen molar-refractivity contribution in [1.82, 2.24) is 24.3 Å². The summed E-state index contributed by atoms with van der Waals surface area (Å²) in [5.74, 6) is -0.219. The van der Waals surface area contributed by atoms with Crippen LogP contribution in [0.5, 0.6) is 0 Å². The number of urea groups is 1. The molecular weight excluding hydrogens is 540 g/mol. The lowest BCUT2D eigenvalue weighted by Crippen LogP contribution is -2.48. The normalized spacial score (nSPS) is 18.5. The number of amides is 4. The third-order valence-corrected chi connectivity index (χ3v) is 7.61. The molecule has 1 aliphatic carbocycles. The number of pyridine rings is 1. The number of benzene rings is 2. The number of fused-ring (bicyclic) bond motifs is 2. The zero-order valence-corrected chi connectivity index (χ0v) is 21.3. The number of aromatic nitrogens is 3. The van der Waals surface area contributed by atoms with Gasteiger partial charge >= 0.3 is 11.7 Å². The first-order valence-electron chi connectivity index (χ1n) is 11.6. The highest BCUT2D eigenvalue weighted by Crippen LogP contribution is 2.38. The summed E-state index contributed by atoms with van der Waals surface area (Å²) in [6, 6.07) is 15.8. The van der Waals surface area contributed by atoms with E-state index in [-0.39, 0.29) is 24.0 Å². The highest BCUT2D eigenvalue weighted by Gasteiger charge is 2.54. The summed E-state index contributed by atoms with van der Waals surface area (Å²) in [7, 11) is 1.62. The second-order valence-electron chi connectivity index (χ2n) is 9.26. The van der Waals surface area contributed by atoms with Crippen molar-refractivity contribution in [3.05, 3.63) is 86.9 Å². The van der Waals surface area contributed by atoms with Gasteiger partial charge in [-0.3, -0.25) is 19.5 Å². The molecule has 1 fully saturated rings. The fraction of sp³-hybridized carbons (Fsp3) is 0.192. The van der Waals surface area contributed by atoms with E-state index in [4.69, 9.17) is 0 Å². The van der Waals surface area contributed by atoms with Gasteiger partial charge in [-0.1, -0.05) is 28.1 Å². The van der Waals surface area contributed by atoms with E-state index in [0.717, 1.165) is 15.6 Å². The van der Waals surface area contributed by atoms with E-state index in [1.165, 1.54) is 14.0 Å². The fourth-order valence-corrected chi connectivity index (χ4v) is 5.56. The number of hydrogen-bond acceptors (Lipinski definition) is 5. The molecule has 1 unspecified atom stereocenters. The molecule has 2 aliphatic rings. The third kappa shape index (κ3) is 3.65. The van der Waals surface area contributed by atoms with Crippen LogP contribution in [0.25, 0.3) is 16.9 Å². The van der Waals surface area contributed by atoms with Crippen molar-refractivity contribution in [1.29, 1.82) is 0 Å². The quantitative estimate of drug-likeness (QED) is 0.372. The lowest BCUT2D eigenvalue weighted by atomic mass is 9.95. The van der Waals surface area contributed by atoms with Crippen molar-refractivity contribution in [2.24, 2.45) is 0 Å². The molecule has 11 heteroatoms. The van der Waals surface area contributed by atoms with Crippen LogP contribution in [0.1, 0.15) is 11.1 Å². The number of carbonyl (C=O) groups is 3. The van der Waals surface area contributed by atoms with E-state index in [9.17, 15) is 19.2 Å². The van der Waals surface area contributed by atoms with Crippen LogP contribution in [0.2, 0.25) is 0 Å². The number of imidazole rings is 1. The minimum absolute atomic E-state index is 0.202. The molecule has 2 N–H and O–H groups in total. The SMILES string of the molecule is CN1C(=O)NC(=O)C12Cc1ccc(NC(=O)Cn3c(=O)n(-c4ccccn4)c4ccc(Br)cc43)cc1C2. The molecule has 0 bridgehead atoms. The molecule has 186 valence electrons. The number of carbonyl (C=O) groups excluding carboxylic acids is 3. The molecule has 1 atom stereocenters. The van der Waals surface area contributed by atoms with Gasteiger partial charge in [0.25, 0.3) is 5.91 Å². The highest BCUT2D eigenvalue weighted by molar-refractivity contribution is 9.10. The van der Waals surface area contributed by atoms with Crippen LogP contribution in [-0.2, 0) is 29.0 Å². The molecule has 4 aromatic rings. The number of hydrogen-bond donors (Lipinski definition) is 2. The standard InChI is InChI=1S/C26H21BrN6O4/c1-31-24(36)30-23(35)26(31)12-15-5-7-18(10-16(15)13-26)29-22(34)14-32-20-11-17(27)6-8-19(20)33(25(32)37)21-4-2-3-9-28-21/h2-11H,12-14H2,1H3,(H,29,34)(H,30,35,36). The summed E-state index contributed by atoms with van der Waals surface area (Å²) >= 11 is 3.45. The van der Waals surface area contributed by atoms with Crippen molar-refractivity contribution in [2.75, 3.05) is 12.4 Å². The maximum absolute atomic E-state index is 13.4. The molecule has 6 rings (SSSR count). The van der Waals surface area contributed by atoms with E-state index < -0.39 is 11.6 Å². The van der Waals surface area contributed by atoms with E-state index in [2.05, 4.69) is 31.5 Å². The van der Waals surface area contributed by atoms with E-state index in [1.807, 2.05) is 18.2 Å². The van der Waals surface area contributed by atoms with Gasteiger partial charge in [-0.15, -0.1) is 0 Å². The largest absolute Gasteiger partial charge is 0.335 e. The molecule has 1 aliphatic heterocycles. The first-order chi connectivity index (χ1) is 17.8. The van der Waals surface area contributed by atoms with Crippen molar-refractivity contribution in [2.45, 2.75) is 24.9 Å². The topological polar surface area (TPSA) is 118 Å². The molecule has 10 nitrogen and oxygen atoms in total. The average molecular weight is 561 g/mol. The molecule has 3 heterocycles. The predicted octanol–water partition coefficient (Wildman–Crippen LogP) is 2.61. The van der Waals surface area contributed by atoms with Gasteiger partial charge in [-0.05, 0) is 53.6 Å². The summed E-state index contributed by atoms with van der Waals surface area (Å²) in [6.07, 6.45) is 2.39. The fourth-order valence-electron chi connectivity index (χ4n) is 5.21. The van der Waals surface area contributed by atoms with Gasteiger partial charge in [0.2, 0.25) is 5.91 Å². The van der Waals surface area contributed by atoms with Gasteiger partial charge in [0.05, 0.1) is 11.0 Å². The number of imide groups is 1. The smallest absolute Gasteiger partial charge is 0.325 e. The minimum Gasteiger partial charge on any atom is -0.325 e. The van der Waals surface area contributed by atoms with Crippen molar-refractivity contribution in [3.8, 4) is 5.82 Å². The van der Waals surface area contributed by atoms with Crippen LogP contribution in [0.4, 0.5) is 10.5 Å². The zero-order chi connectivity index (χ0) is 25.9. The number of nitrogens with one attached hydrogen (secondary N) is 2. The summed E-state index contributed by atoms with van der Waals surface area (Å²) in [5, 5.41) is 5.25. The Balaban J connectivity index is 1.28. The Morgan fingerprint density at radius 2 is 1.86 bits per heavy atom. The van der Waals surface area contributed by atoms with Crippen molar-refractivity contribution >= 4 is 50.5 Å². The predicted molar refractivity (Wildman–Crippen MR) is 140 cm³/mol. The lowest BCUT2D eigenvalue weighted by Gasteiger charge is -2.27. The molecule has 2 aromatic heterocycles. The van der Waals surface area contributed by atoms with Gasteiger partial charge < -0.3 is 10.2 Å². The van der Waals surface area contributed by atoms with Gasteiger partial charge in [0.1, 0.15) is 17.9 Å². The van der Waals surface area contributed by atoms with Crippen molar-refractivity contribution in [3.63, 3.8) is 0 Å². The van der Waals surface area contributed by atoms with E-state index in [1.54, 1.807) is 49.6 Å². The van der Waals surface area contributed by atoms with Crippen LogP contribution in [0.15, 0.2) is 70.1 Å². The Labute approximate surface area is 219 Å². The van der Waals surface area contributed by atoms with Crippen molar-refractivity contribution < 1.29 is 14.4 Å². The second-order valence-corrected chi connectivity index (χ2v) is 10.2. The molecule has 4 amide bonds. The van der Waals surface area contributed by atoms with Crippen LogP contribution in [0, 0.1) is 0 Å². The Morgan fingerprint density at radius 1 is 1.05 bits per heavy atom. The number of anilines is 1. The highest BCUT2D eigenvalue weighted by atomic mass is 79.9. The van der Waals surface area contributed by atoms with Gasteiger partial charge in [0.15, 0.2) is 0 Å². The first kappa shape index (κ1) is 23.2. The van der Waals surface area contributed by atoms with Gasteiger partial charge in [-0.25, -0.2) is 19.1 Å². The van der Waals surface area contributed by atoms with Gasteiger partial charge in [0, 0.05) is 36.2 Å². The number of nitrogens with zero attached hydrogens (tertiary/aromatic N) is 4. The molecule has 1 spiro atoms. The molecule has 0 radical (unpaired) electrons. The third-order valence-electron chi connectivity index (χ3n) is 7.12. The summed E-state index contributed by atoms with van der Waals surface area (Å²) in [5.41, 5.74) is 2.31. The Bertz CT molecular complexity index is 1680. The van der Waals surface area contributed by atoms with Gasteiger partial charge in [-0.2, -0.15) is 0 Å². The summed E-state index contributed by atoms with van der Waals surface area (Å²) in [4.78, 5) is 56.8. The molecule has 2 aromatic carbocycles. The van der Waals surface area contributed by atoms with E-state index in [0.29, 0.717) is 35.4 Å². The lowest BCUT2D eigenvalue weighted by molar-refractivity contribution is -0.125. The van der Waals surface area contributed by atoms with E-state index >= 15 is 0 Å². The Kier molecular flexibility index (Phi) is 5.27. The Morgan fingerprint density at radius 3 is 2.59 bits per heavy atom. The summed E-state index contributed by atoms with van der Waals surface area (Å²) < 4.78 is 3.67. The minimum atomic E-state index is -0.934. The molecule has 1 saturated heterocycles. The number of halogens is 1.